The Hall–Kier alpha value is -1.43. The Morgan fingerprint density at radius 2 is 1.92 bits per heavy atom. The molecular formula is C19H29N3O2S. The molecule has 0 unspecified atom stereocenters. The van der Waals surface area contributed by atoms with Crippen LogP contribution in [0.1, 0.15) is 62.6 Å². The summed E-state index contributed by atoms with van der Waals surface area (Å²) >= 11 is 1.67. The highest BCUT2D eigenvalue weighted by Crippen LogP contribution is 2.28. The molecule has 6 heteroatoms. The van der Waals surface area contributed by atoms with Gasteiger partial charge in [0.25, 0.3) is 0 Å². The molecule has 0 spiro atoms. The molecule has 0 aromatic carbocycles. The highest BCUT2D eigenvalue weighted by atomic mass is 32.1. The second kappa shape index (κ2) is 8.79. The van der Waals surface area contributed by atoms with E-state index in [1.165, 1.54) is 12.8 Å². The van der Waals surface area contributed by atoms with Gasteiger partial charge in [-0.3, -0.25) is 9.59 Å². The second-order valence-electron chi connectivity index (χ2n) is 7.28. The van der Waals surface area contributed by atoms with Crippen LogP contribution in [-0.4, -0.2) is 34.8 Å². The first-order valence-electron chi connectivity index (χ1n) is 9.67. The van der Waals surface area contributed by atoms with E-state index in [1.807, 2.05) is 10.3 Å². The van der Waals surface area contributed by atoms with E-state index in [0.717, 1.165) is 62.3 Å². The summed E-state index contributed by atoms with van der Waals surface area (Å²) in [4.78, 5) is 31.4. The lowest BCUT2D eigenvalue weighted by atomic mass is 9.94. The molecule has 1 aromatic heterocycles. The third-order valence-electron chi connectivity index (χ3n) is 5.39. The SMILES string of the molecule is CCCc1nc(CNC(=O)C2CCN(C(=O)C3CCCC3)CC2)cs1. The van der Waals surface area contributed by atoms with Gasteiger partial charge < -0.3 is 10.2 Å². The monoisotopic (exact) mass is 363 g/mol. The number of aryl methyl sites for hydroxylation is 1. The quantitative estimate of drug-likeness (QED) is 0.844. The molecule has 1 saturated carbocycles. The van der Waals surface area contributed by atoms with Gasteiger partial charge in [0.2, 0.25) is 11.8 Å². The van der Waals surface area contributed by atoms with E-state index in [2.05, 4.69) is 17.2 Å². The van der Waals surface area contributed by atoms with E-state index in [0.29, 0.717) is 12.5 Å². The molecule has 3 rings (SSSR count). The van der Waals surface area contributed by atoms with Crippen LogP contribution < -0.4 is 5.32 Å². The maximum Gasteiger partial charge on any atom is 0.225 e. The van der Waals surface area contributed by atoms with Crippen molar-refractivity contribution in [3.8, 4) is 0 Å². The lowest BCUT2D eigenvalue weighted by Gasteiger charge is -2.33. The van der Waals surface area contributed by atoms with Crippen LogP contribution in [-0.2, 0) is 22.6 Å². The van der Waals surface area contributed by atoms with E-state index < -0.39 is 0 Å². The van der Waals surface area contributed by atoms with Crippen LogP contribution in [0.5, 0.6) is 0 Å². The Morgan fingerprint density at radius 1 is 1.20 bits per heavy atom. The summed E-state index contributed by atoms with van der Waals surface area (Å²) < 4.78 is 0. The topological polar surface area (TPSA) is 62.3 Å². The van der Waals surface area contributed by atoms with Gasteiger partial charge >= 0.3 is 0 Å². The van der Waals surface area contributed by atoms with Gasteiger partial charge in [-0.05, 0) is 38.5 Å². The van der Waals surface area contributed by atoms with Crippen LogP contribution in [0.4, 0.5) is 0 Å². The number of nitrogens with one attached hydrogen (secondary N) is 1. The van der Waals surface area contributed by atoms with Crippen molar-refractivity contribution in [3.05, 3.63) is 16.1 Å². The largest absolute Gasteiger partial charge is 0.350 e. The Labute approximate surface area is 154 Å². The normalized spacial score (nSPS) is 19.3. The maximum atomic E-state index is 12.5. The minimum absolute atomic E-state index is 0.0291. The molecule has 0 bridgehead atoms. The number of nitrogens with zero attached hydrogens (tertiary/aromatic N) is 2. The fourth-order valence-corrected chi connectivity index (χ4v) is 4.77. The molecule has 1 aliphatic heterocycles. The van der Waals surface area contributed by atoms with Crippen LogP contribution in [0.3, 0.4) is 0 Å². The van der Waals surface area contributed by atoms with Crippen LogP contribution in [0.2, 0.25) is 0 Å². The number of hydrogen-bond acceptors (Lipinski definition) is 4. The minimum Gasteiger partial charge on any atom is -0.350 e. The molecule has 2 heterocycles. The van der Waals surface area contributed by atoms with Crippen LogP contribution in [0.25, 0.3) is 0 Å². The molecule has 1 N–H and O–H groups in total. The molecular weight excluding hydrogens is 334 g/mol. The Balaban J connectivity index is 1.41. The number of rotatable bonds is 6. The number of carbonyl (C=O) groups excluding carboxylic acids is 2. The van der Waals surface area contributed by atoms with Crippen LogP contribution in [0.15, 0.2) is 5.38 Å². The van der Waals surface area contributed by atoms with Crippen molar-refractivity contribution in [2.24, 2.45) is 11.8 Å². The average molecular weight is 364 g/mol. The molecule has 138 valence electrons. The van der Waals surface area contributed by atoms with Crippen LogP contribution in [0, 0.1) is 11.8 Å². The molecule has 2 amide bonds. The van der Waals surface area contributed by atoms with Crippen molar-refractivity contribution in [2.45, 2.75) is 64.8 Å². The maximum absolute atomic E-state index is 12.5. The first-order chi connectivity index (χ1) is 12.2. The third kappa shape index (κ3) is 4.81. The van der Waals surface area contributed by atoms with Gasteiger partial charge in [0.1, 0.15) is 0 Å². The van der Waals surface area contributed by atoms with Crippen molar-refractivity contribution in [2.75, 3.05) is 13.1 Å². The minimum atomic E-state index is 0.0291. The lowest BCUT2D eigenvalue weighted by molar-refractivity contribution is -0.139. The predicted molar refractivity (Wildman–Crippen MR) is 99.2 cm³/mol. The standard InChI is InChI=1S/C19H29N3O2S/c1-2-5-17-21-16(13-25-17)12-20-18(23)14-8-10-22(11-9-14)19(24)15-6-3-4-7-15/h13-15H,2-12H2,1H3,(H,20,23). The van der Waals surface area contributed by atoms with Gasteiger partial charge in [-0.15, -0.1) is 11.3 Å². The number of carbonyl (C=O) groups is 2. The van der Waals surface area contributed by atoms with E-state index in [-0.39, 0.29) is 17.7 Å². The van der Waals surface area contributed by atoms with Gasteiger partial charge in [0, 0.05) is 30.3 Å². The summed E-state index contributed by atoms with van der Waals surface area (Å²) in [6, 6.07) is 0. The van der Waals surface area contributed by atoms with Crippen molar-refractivity contribution in [1.82, 2.24) is 15.2 Å². The molecule has 0 radical (unpaired) electrons. The molecule has 2 fully saturated rings. The Morgan fingerprint density at radius 3 is 2.60 bits per heavy atom. The number of thiazole rings is 1. The number of hydrogen-bond donors (Lipinski definition) is 1. The molecule has 1 saturated heterocycles. The summed E-state index contributed by atoms with van der Waals surface area (Å²) in [6.07, 6.45) is 8.13. The first-order valence-corrected chi connectivity index (χ1v) is 10.5. The molecule has 25 heavy (non-hydrogen) atoms. The summed E-state index contributed by atoms with van der Waals surface area (Å²) in [5.74, 6) is 0.703. The zero-order chi connectivity index (χ0) is 17.6. The van der Waals surface area contributed by atoms with E-state index in [4.69, 9.17) is 0 Å². The summed E-state index contributed by atoms with van der Waals surface area (Å²) in [6.45, 7) is 4.11. The van der Waals surface area contributed by atoms with Crippen molar-refractivity contribution >= 4 is 23.2 Å². The number of likely N-dealkylation sites (tertiary alicyclic amines) is 1. The van der Waals surface area contributed by atoms with E-state index in [1.54, 1.807) is 11.3 Å². The smallest absolute Gasteiger partial charge is 0.225 e. The second-order valence-corrected chi connectivity index (χ2v) is 8.22. The fourth-order valence-electron chi connectivity index (χ4n) is 3.87. The summed E-state index contributed by atoms with van der Waals surface area (Å²) in [7, 11) is 0. The predicted octanol–water partition coefficient (Wildman–Crippen LogP) is 3.14. The zero-order valence-electron chi connectivity index (χ0n) is 15.1. The molecule has 5 nitrogen and oxygen atoms in total. The fraction of sp³-hybridized carbons (Fsp3) is 0.737. The Kier molecular flexibility index (Phi) is 6.45. The van der Waals surface area contributed by atoms with Gasteiger partial charge in [-0.25, -0.2) is 4.98 Å². The molecule has 0 atom stereocenters. The summed E-state index contributed by atoms with van der Waals surface area (Å²) in [5, 5.41) is 6.20. The lowest BCUT2D eigenvalue weighted by Crippen LogP contribution is -2.44. The van der Waals surface area contributed by atoms with Gasteiger partial charge in [-0.2, -0.15) is 0 Å². The highest BCUT2D eigenvalue weighted by molar-refractivity contribution is 7.09. The number of aromatic nitrogens is 1. The summed E-state index contributed by atoms with van der Waals surface area (Å²) in [5.41, 5.74) is 0.954. The molecule has 2 aliphatic rings. The van der Waals surface area contributed by atoms with Gasteiger partial charge in [0.05, 0.1) is 17.2 Å². The zero-order valence-corrected chi connectivity index (χ0v) is 15.9. The number of amides is 2. The van der Waals surface area contributed by atoms with Gasteiger partial charge in [-0.1, -0.05) is 19.8 Å². The molecule has 1 aromatic rings. The average Bonchev–Trinajstić information content (AvgIpc) is 3.31. The number of piperidine rings is 1. The van der Waals surface area contributed by atoms with E-state index in [9.17, 15) is 9.59 Å². The van der Waals surface area contributed by atoms with Gasteiger partial charge in [0.15, 0.2) is 0 Å². The van der Waals surface area contributed by atoms with Crippen molar-refractivity contribution in [3.63, 3.8) is 0 Å². The van der Waals surface area contributed by atoms with Crippen LogP contribution >= 0.6 is 11.3 Å². The highest BCUT2D eigenvalue weighted by Gasteiger charge is 2.31. The van der Waals surface area contributed by atoms with Crippen molar-refractivity contribution in [1.29, 1.82) is 0 Å². The Bertz CT molecular complexity index is 587. The first kappa shape index (κ1) is 18.4. The van der Waals surface area contributed by atoms with E-state index >= 15 is 0 Å². The van der Waals surface area contributed by atoms with Crippen molar-refractivity contribution < 1.29 is 9.59 Å². The third-order valence-corrected chi connectivity index (χ3v) is 6.35. The molecule has 1 aliphatic carbocycles.